The summed E-state index contributed by atoms with van der Waals surface area (Å²) in [6.07, 6.45) is 8.54. The number of carbonyl (C=O) groups excluding carboxylic acids is 2. The highest BCUT2D eigenvalue weighted by molar-refractivity contribution is 5.70. The maximum atomic E-state index is 13.0. The number of ether oxygens (including phenoxy) is 1. The number of hydrogen-bond acceptors (Lipinski definition) is 5. The van der Waals surface area contributed by atoms with Crippen LogP contribution in [0.4, 0.5) is 0 Å². The van der Waals surface area contributed by atoms with Crippen LogP contribution >= 0.6 is 0 Å². The number of aliphatic hydroxyl groups is 2. The Labute approximate surface area is 223 Å². The first-order valence-corrected chi connectivity index (χ1v) is 14.7. The van der Waals surface area contributed by atoms with E-state index in [9.17, 15) is 19.8 Å². The fourth-order valence-corrected chi connectivity index (χ4v) is 11.1. The summed E-state index contributed by atoms with van der Waals surface area (Å²) in [5.41, 5.74) is -0.145. The summed E-state index contributed by atoms with van der Waals surface area (Å²) >= 11 is 0. The van der Waals surface area contributed by atoms with Crippen LogP contribution in [0.1, 0.15) is 107 Å². The molecular weight excluding hydrogens is 464 g/mol. The van der Waals surface area contributed by atoms with Gasteiger partial charge in [0.05, 0.1) is 17.6 Å². The molecule has 0 aromatic rings. The molecule has 208 valence electrons. The summed E-state index contributed by atoms with van der Waals surface area (Å²) in [6, 6.07) is 0. The van der Waals surface area contributed by atoms with Crippen LogP contribution in [0.15, 0.2) is 11.6 Å². The number of carbonyl (C=O) groups is 2. The predicted octanol–water partition coefficient (Wildman–Crippen LogP) is 5.86. The van der Waals surface area contributed by atoms with Crippen molar-refractivity contribution in [1.29, 1.82) is 0 Å². The molecule has 5 rings (SSSR count). The second kappa shape index (κ2) is 8.16. The minimum atomic E-state index is -1.09. The van der Waals surface area contributed by atoms with Crippen molar-refractivity contribution in [2.75, 3.05) is 0 Å². The number of fused-ring (bicyclic) bond motifs is 7. The number of hydrogen-bond donors (Lipinski definition) is 2. The van der Waals surface area contributed by atoms with Crippen LogP contribution < -0.4 is 0 Å². The van der Waals surface area contributed by atoms with E-state index in [1.807, 2.05) is 0 Å². The van der Waals surface area contributed by atoms with E-state index in [1.54, 1.807) is 0 Å². The van der Waals surface area contributed by atoms with Gasteiger partial charge in [-0.2, -0.15) is 0 Å². The highest BCUT2D eigenvalue weighted by Gasteiger charge is 2.72. The molecular formula is C32H50O5. The third kappa shape index (κ3) is 3.41. The second-order valence-corrected chi connectivity index (χ2v) is 15.7. The molecule has 5 aliphatic carbocycles. The smallest absolute Gasteiger partial charge is 0.302 e. The molecule has 0 spiro atoms. The van der Waals surface area contributed by atoms with Crippen LogP contribution in [-0.4, -0.2) is 40.8 Å². The molecule has 0 aromatic carbocycles. The summed E-state index contributed by atoms with van der Waals surface area (Å²) in [6.45, 7) is 17.6. The highest BCUT2D eigenvalue weighted by Crippen LogP contribution is 2.75. The number of esters is 1. The number of allylic oxidation sites excluding steroid dienone is 2. The molecule has 0 aromatic heterocycles. The molecule has 5 heteroatoms. The first-order chi connectivity index (χ1) is 17.0. The molecule has 0 aliphatic heterocycles. The van der Waals surface area contributed by atoms with Crippen molar-refractivity contribution in [3.63, 3.8) is 0 Å². The molecule has 0 amide bonds. The molecule has 10 unspecified atom stereocenters. The van der Waals surface area contributed by atoms with Gasteiger partial charge in [0.25, 0.3) is 0 Å². The molecule has 2 N–H and O–H groups in total. The van der Waals surface area contributed by atoms with Gasteiger partial charge >= 0.3 is 5.97 Å². The molecule has 5 aliphatic rings. The van der Waals surface area contributed by atoms with E-state index in [4.69, 9.17) is 4.74 Å². The molecule has 4 fully saturated rings. The fraction of sp³-hybridized carbons (Fsp3) is 0.875. The fourth-order valence-electron chi connectivity index (χ4n) is 11.1. The SMILES string of the molecule is CC(=O)OC1CC2(C)C(=CCC3C4(C)CCC(O)C(C)(C)C4CCC32C)C2CC(C)(C)CC(O)C12C=O. The molecule has 0 saturated heterocycles. The standard InChI is InChI=1S/C32H50O5/c1-19(34)37-26-17-31(8)20(21-15-27(2,3)16-25(36)32(21,26)18-33)9-10-23-29(6)13-12-24(35)28(4,5)22(29)11-14-30(23,31)7/h9,18,21-26,35-36H,10-17H2,1-8H3. The lowest BCUT2D eigenvalue weighted by molar-refractivity contribution is -0.228. The molecule has 10 atom stereocenters. The van der Waals surface area contributed by atoms with Gasteiger partial charge in [0, 0.05) is 6.92 Å². The quantitative estimate of drug-likeness (QED) is 0.274. The van der Waals surface area contributed by atoms with Gasteiger partial charge in [-0.1, -0.05) is 60.1 Å². The van der Waals surface area contributed by atoms with Crippen molar-refractivity contribution in [2.24, 2.45) is 50.2 Å². The average molecular weight is 515 g/mol. The van der Waals surface area contributed by atoms with Gasteiger partial charge in [0.2, 0.25) is 0 Å². The van der Waals surface area contributed by atoms with E-state index in [-0.39, 0.29) is 45.1 Å². The Bertz CT molecular complexity index is 1010. The topological polar surface area (TPSA) is 83.8 Å². The summed E-state index contributed by atoms with van der Waals surface area (Å²) in [7, 11) is 0. The Balaban J connectivity index is 1.66. The van der Waals surface area contributed by atoms with Crippen LogP contribution in [0.2, 0.25) is 0 Å². The maximum absolute atomic E-state index is 13.0. The van der Waals surface area contributed by atoms with Gasteiger partial charge in [-0.05, 0) is 96.2 Å². The van der Waals surface area contributed by atoms with Gasteiger partial charge in [-0.3, -0.25) is 4.79 Å². The van der Waals surface area contributed by atoms with E-state index in [1.165, 1.54) is 12.5 Å². The molecule has 0 heterocycles. The molecule has 0 bridgehead atoms. The summed E-state index contributed by atoms with van der Waals surface area (Å²) < 4.78 is 6.02. The Kier molecular flexibility index (Phi) is 6.04. The first kappa shape index (κ1) is 27.4. The minimum absolute atomic E-state index is 0.0271. The van der Waals surface area contributed by atoms with Crippen molar-refractivity contribution in [3.05, 3.63) is 11.6 Å². The zero-order valence-electron chi connectivity index (χ0n) is 24.4. The van der Waals surface area contributed by atoms with E-state index in [2.05, 4.69) is 54.5 Å². The second-order valence-electron chi connectivity index (χ2n) is 15.7. The molecule has 37 heavy (non-hydrogen) atoms. The molecule has 0 radical (unpaired) electrons. The maximum Gasteiger partial charge on any atom is 0.302 e. The van der Waals surface area contributed by atoms with Crippen molar-refractivity contribution in [3.8, 4) is 0 Å². The lowest BCUT2D eigenvalue weighted by Crippen LogP contribution is -2.69. The van der Waals surface area contributed by atoms with Gasteiger partial charge in [0.15, 0.2) is 0 Å². The lowest BCUT2D eigenvalue weighted by atomic mass is 9.33. The van der Waals surface area contributed by atoms with Gasteiger partial charge in [-0.25, -0.2) is 0 Å². The normalized spacial score (nSPS) is 51.9. The van der Waals surface area contributed by atoms with Crippen LogP contribution in [-0.2, 0) is 14.3 Å². The third-order valence-corrected chi connectivity index (χ3v) is 13.2. The summed E-state index contributed by atoms with van der Waals surface area (Å²) in [5.74, 6) is 0.384. The summed E-state index contributed by atoms with van der Waals surface area (Å²) in [5, 5.41) is 22.5. The Hall–Kier alpha value is -1.20. The van der Waals surface area contributed by atoms with Crippen molar-refractivity contribution in [2.45, 2.75) is 125 Å². The zero-order valence-corrected chi connectivity index (χ0v) is 24.4. The van der Waals surface area contributed by atoms with Crippen molar-refractivity contribution < 1.29 is 24.5 Å². The van der Waals surface area contributed by atoms with Gasteiger partial charge < -0.3 is 19.7 Å². The van der Waals surface area contributed by atoms with E-state index in [0.29, 0.717) is 24.7 Å². The van der Waals surface area contributed by atoms with Crippen LogP contribution in [0.3, 0.4) is 0 Å². The Morgan fingerprint density at radius 2 is 1.62 bits per heavy atom. The Morgan fingerprint density at radius 3 is 2.24 bits per heavy atom. The first-order valence-electron chi connectivity index (χ1n) is 14.7. The van der Waals surface area contributed by atoms with Crippen LogP contribution in [0.25, 0.3) is 0 Å². The summed E-state index contributed by atoms with van der Waals surface area (Å²) in [4.78, 5) is 25.4. The Morgan fingerprint density at radius 1 is 0.946 bits per heavy atom. The van der Waals surface area contributed by atoms with Crippen LogP contribution in [0.5, 0.6) is 0 Å². The molecule has 5 nitrogen and oxygen atoms in total. The van der Waals surface area contributed by atoms with E-state index < -0.39 is 17.6 Å². The van der Waals surface area contributed by atoms with E-state index in [0.717, 1.165) is 44.8 Å². The average Bonchev–Trinajstić information content (AvgIpc) is 2.76. The lowest BCUT2D eigenvalue weighted by Gasteiger charge is -2.72. The van der Waals surface area contributed by atoms with Gasteiger partial charge in [0.1, 0.15) is 12.4 Å². The third-order valence-electron chi connectivity index (χ3n) is 13.2. The van der Waals surface area contributed by atoms with Gasteiger partial charge in [-0.15, -0.1) is 0 Å². The molecule has 4 saturated carbocycles. The predicted molar refractivity (Wildman–Crippen MR) is 143 cm³/mol. The number of aldehydes is 1. The monoisotopic (exact) mass is 514 g/mol. The van der Waals surface area contributed by atoms with E-state index >= 15 is 0 Å². The van der Waals surface area contributed by atoms with Crippen molar-refractivity contribution in [1.82, 2.24) is 0 Å². The zero-order chi connectivity index (χ0) is 27.4. The largest absolute Gasteiger partial charge is 0.461 e. The number of aliphatic hydroxyl groups excluding tert-OH is 2. The minimum Gasteiger partial charge on any atom is -0.461 e. The van der Waals surface area contributed by atoms with Crippen molar-refractivity contribution >= 4 is 12.3 Å². The number of rotatable bonds is 2. The highest BCUT2D eigenvalue weighted by atomic mass is 16.5. The van der Waals surface area contributed by atoms with Crippen LogP contribution in [0, 0.1) is 50.2 Å².